The Kier molecular flexibility index (Phi) is 5.94. The smallest absolute Gasteiger partial charge is 0.246 e. The van der Waals surface area contributed by atoms with Crippen molar-refractivity contribution in [3.63, 3.8) is 0 Å². The number of aryl methyl sites for hydroxylation is 3. The number of rotatable bonds is 5. The normalized spacial score (nSPS) is 17.7. The summed E-state index contributed by atoms with van der Waals surface area (Å²) in [5.41, 5.74) is 4.13. The molecular weight excluding hydrogens is 415 g/mol. The minimum atomic E-state index is -3.62. The predicted octanol–water partition coefficient (Wildman–Crippen LogP) is 4.29. The molecular formula is C23H27FN4O2S. The van der Waals surface area contributed by atoms with Gasteiger partial charge in [0.1, 0.15) is 10.7 Å². The maximum absolute atomic E-state index is 13.3. The van der Waals surface area contributed by atoms with E-state index in [-0.39, 0.29) is 16.6 Å². The van der Waals surface area contributed by atoms with Crippen molar-refractivity contribution in [1.82, 2.24) is 19.1 Å². The average molecular weight is 443 g/mol. The summed E-state index contributed by atoms with van der Waals surface area (Å²) >= 11 is 0. The summed E-state index contributed by atoms with van der Waals surface area (Å²) in [7, 11) is -3.62. The van der Waals surface area contributed by atoms with Gasteiger partial charge in [-0.3, -0.25) is 9.67 Å². The highest BCUT2D eigenvalue weighted by molar-refractivity contribution is 7.89. The molecule has 0 radical (unpaired) electrons. The fourth-order valence-electron chi connectivity index (χ4n) is 4.17. The highest BCUT2D eigenvalue weighted by atomic mass is 32.2. The van der Waals surface area contributed by atoms with Crippen molar-refractivity contribution in [2.45, 2.75) is 51.0 Å². The first-order valence-corrected chi connectivity index (χ1v) is 12.0. The number of hydrogen-bond donors (Lipinski definition) is 0. The molecule has 3 heterocycles. The Labute approximate surface area is 182 Å². The number of pyridine rings is 1. The highest BCUT2D eigenvalue weighted by Crippen LogP contribution is 2.32. The van der Waals surface area contributed by atoms with Crippen LogP contribution in [-0.2, 0) is 16.6 Å². The first-order chi connectivity index (χ1) is 14.8. The summed E-state index contributed by atoms with van der Waals surface area (Å²) in [6.45, 7) is 7.10. The Morgan fingerprint density at radius 1 is 1.13 bits per heavy atom. The number of nitrogens with zero attached hydrogens (tertiary/aromatic N) is 4. The molecule has 164 valence electrons. The maximum atomic E-state index is 13.3. The minimum absolute atomic E-state index is 0.00384. The third-order valence-electron chi connectivity index (χ3n) is 5.80. The van der Waals surface area contributed by atoms with Crippen molar-refractivity contribution in [2.24, 2.45) is 0 Å². The Balaban J connectivity index is 1.63. The van der Waals surface area contributed by atoms with Crippen molar-refractivity contribution >= 4 is 10.0 Å². The van der Waals surface area contributed by atoms with Crippen LogP contribution in [0, 0.1) is 19.7 Å². The van der Waals surface area contributed by atoms with Gasteiger partial charge in [-0.1, -0.05) is 12.1 Å². The Morgan fingerprint density at radius 2 is 1.87 bits per heavy atom. The summed E-state index contributed by atoms with van der Waals surface area (Å²) in [6, 6.07) is 10.4. The fraction of sp³-hybridized carbons (Fsp3) is 0.391. The molecule has 1 fully saturated rings. The molecule has 0 unspecified atom stereocenters. The molecule has 0 bridgehead atoms. The van der Waals surface area contributed by atoms with Crippen LogP contribution in [0.15, 0.2) is 47.5 Å². The lowest BCUT2D eigenvalue weighted by Gasteiger charge is -2.31. The van der Waals surface area contributed by atoms with Crippen LogP contribution in [0.1, 0.15) is 42.8 Å². The monoisotopic (exact) mass is 442 g/mol. The van der Waals surface area contributed by atoms with Crippen molar-refractivity contribution in [2.75, 3.05) is 13.1 Å². The average Bonchev–Trinajstić information content (AvgIpc) is 3.15. The number of hydrogen-bond acceptors (Lipinski definition) is 4. The molecule has 1 saturated heterocycles. The standard InChI is InChI=1S/C23H27FN4O2S/c1-4-27-15-23(17(3)26-27)31(29,30)28-11-5-6-19(14-28)22-13-20(12-16(2)25-22)18-7-9-21(24)10-8-18/h7-10,12-13,15,19H,4-6,11,14H2,1-3H3/t19-/m1/s1. The van der Waals surface area contributed by atoms with Gasteiger partial charge in [-0.2, -0.15) is 9.40 Å². The molecule has 1 aliphatic rings. The van der Waals surface area contributed by atoms with Crippen LogP contribution in [-0.4, -0.2) is 40.6 Å². The molecule has 1 aliphatic heterocycles. The topological polar surface area (TPSA) is 68.1 Å². The summed E-state index contributed by atoms with van der Waals surface area (Å²) in [4.78, 5) is 4.99. The van der Waals surface area contributed by atoms with E-state index in [1.807, 2.05) is 26.0 Å². The van der Waals surface area contributed by atoms with Gasteiger partial charge in [0.2, 0.25) is 10.0 Å². The van der Waals surface area contributed by atoms with Crippen LogP contribution in [0.2, 0.25) is 0 Å². The molecule has 1 aromatic carbocycles. The fourth-order valence-corrected chi connectivity index (χ4v) is 5.86. The van der Waals surface area contributed by atoms with Crippen molar-refractivity contribution in [3.8, 4) is 11.1 Å². The molecule has 4 rings (SSSR count). The molecule has 0 amide bonds. The van der Waals surface area contributed by atoms with E-state index in [1.54, 1.807) is 34.2 Å². The number of sulfonamides is 1. The molecule has 0 aliphatic carbocycles. The van der Waals surface area contributed by atoms with Crippen LogP contribution in [0.5, 0.6) is 0 Å². The van der Waals surface area contributed by atoms with Crippen LogP contribution in [0.25, 0.3) is 11.1 Å². The summed E-state index contributed by atoms with van der Waals surface area (Å²) < 4.78 is 43.2. The third kappa shape index (κ3) is 4.41. The summed E-state index contributed by atoms with van der Waals surface area (Å²) in [6.07, 6.45) is 3.26. The molecule has 8 heteroatoms. The Hall–Kier alpha value is -2.58. The second kappa shape index (κ2) is 8.51. The van der Waals surface area contributed by atoms with Gasteiger partial charge in [0.15, 0.2) is 0 Å². The van der Waals surface area contributed by atoms with Crippen LogP contribution in [0.4, 0.5) is 4.39 Å². The third-order valence-corrected chi connectivity index (χ3v) is 7.76. The van der Waals surface area contributed by atoms with E-state index < -0.39 is 10.0 Å². The van der Waals surface area contributed by atoms with Crippen molar-refractivity contribution in [3.05, 3.63) is 65.5 Å². The van der Waals surface area contributed by atoms with E-state index in [0.717, 1.165) is 35.4 Å². The quantitative estimate of drug-likeness (QED) is 0.591. The van der Waals surface area contributed by atoms with Crippen molar-refractivity contribution < 1.29 is 12.8 Å². The van der Waals surface area contributed by atoms with E-state index in [4.69, 9.17) is 4.98 Å². The maximum Gasteiger partial charge on any atom is 0.246 e. The van der Waals surface area contributed by atoms with Crippen molar-refractivity contribution in [1.29, 1.82) is 0 Å². The molecule has 3 aromatic rings. The van der Waals surface area contributed by atoms with Gasteiger partial charge in [-0.25, -0.2) is 12.8 Å². The van der Waals surface area contributed by atoms with Gasteiger partial charge < -0.3 is 0 Å². The SMILES string of the molecule is CCn1cc(S(=O)(=O)N2CCC[C@@H](c3cc(-c4ccc(F)cc4)cc(C)n3)C2)c(C)n1. The lowest BCUT2D eigenvalue weighted by Crippen LogP contribution is -2.39. The number of piperidine rings is 1. The van der Waals surface area contributed by atoms with Crippen LogP contribution in [0.3, 0.4) is 0 Å². The lowest BCUT2D eigenvalue weighted by molar-refractivity contribution is 0.312. The largest absolute Gasteiger partial charge is 0.271 e. The Morgan fingerprint density at radius 3 is 2.55 bits per heavy atom. The molecule has 0 spiro atoms. The van der Waals surface area contributed by atoms with Gasteiger partial charge >= 0.3 is 0 Å². The number of halogens is 1. The highest BCUT2D eigenvalue weighted by Gasteiger charge is 2.33. The van der Waals surface area contributed by atoms with Crippen LogP contribution < -0.4 is 0 Å². The number of aromatic nitrogens is 3. The first kappa shape index (κ1) is 21.6. The second-order valence-electron chi connectivity index (χ2n) is 8.07. The van der Waals surface area contributed by atoms with Gasteiger partial charge in [-0.05, 0) is 69.0 Å². The Bertz CT molecular complexity index is 1190. The van der Waals surface area contributed by atoms with Gasteiger partial charge in [0, 0.05) is 43.1 Å². The van der Waals surface area contributed by atoms with Gasteiger partial charge in [0.25, 0.3) is 0 Å². The zero-order chi connectivity index (χ0) is 22.2. The van der Waals surface area contributed by atoms with Crippen LogP contribution >= 0.6 is 0 Å². The predicted molar refractivity (Wildman–Crippen MR) is 118 cm³/mol. The summed E-state index contributed by atoms with van der Waals surface area (Å²) in [5, 5.41) is 4.30. The minimum Gasteiger partial charge on any atom is -0.271 e. The van der Waals surface area contributed by atoms with E-state index in [2.05, 4.69) is 5.10 Å². The molecule has 1 atom stereocenters. The second-order valence-corrected chi connectivity index (χ2v) is 9.97. The molecule has 2 aromatic heterocycles. The zero-order valence-corrected chi connectivity index (χ0v) is 18.9. The van der Waals surface area contributed by atoms with Gasteiger partial charge in [-0.15, -0.1) is 0 Å². The van der Waals surface area contributed by atoms with E-state index >= 15 is 0 Å². The molecule has 0 saturated carbocycles. The lowest BCUT2D eigenvalue weighted by atomic mass is 9.93. The molecule has 31 heavy (non-hydrogen) atoms. The zero-order valence-electron chi connectivity index (χ0n) is 18.0. The number of benzene rings is 1. The molecule has 6 nitrogen and oxygen atoms in total. The van der Waals surface area contributed by atoms with E-state index in [0.29, 0.717) is 25.3 Å². The van der Waals surface area contributed by atoms with Gasteiger partial charge in [0.05, 0.1) is 5.69 Å². The summed E-state index contributed by atoms with van der Waals surface area (Å²) in [5.74, 6) is -0.270. The van der Waals surface area contributed by atoms with E-state index in [1.165, 1.54) is 12.1 Å². The van der Waals surface area contributed by atoms with E-state index in [9.17, 15) is 12.8 Å². The molecule has 0 N–H and O–H groups in total. The first-order valence-electron chi connectivity index (χ1n) is 10.6.